The summed E-state index contributed by atoms with van der Waals surface area (Å²) in [6.07, 6.45) is 4.54. The summed E-state index contributed by atoms with van der Waals surface area (Å²) in [4.78, 5) is 30.9. The standard InChI is InChI=1S/C20H24N2O4S/c23-18(10-4-8-17-9-5-13-27-17)21-16-7-3-6-15(14-16)20(24)22-26-19-11-1-2-12-25-19/h3,5-7,9,13-14,19H,1-2,4,8,10-12H2,(H,21,23)(H,22,24). The van der Waals surface area contributed by atoms with Crippen LogP contribution in [-0.2, 0) is 20.8 Å². The molecule has 2 amide bonds. The van der Waals surface area contributed by atoms with Crippen LogP contribution in [0.1, 0.15) is 47.3 Å². The van der Waals surface area contributed by atoms with Crippen LogP contribution in [0.2, 0.25) is 0 Å². The van der Waals surface area contributed by atoms with Crippen LogP contribution in [0.25, 0.3) is 0 Å². The van der Waals surface area contributed by atoms with Gasteiger partial charge in [-0.05, 0) is 55.3 Å². The van der Waals surface area contributed by atoms with E-state index in [2.05, 4.69) is 16.9 Å². The van der Waals surface area contributed by atoms with Crippen molar-refractivity contribution in [2.24, 2.45) is 0 Å². The number of hydrogen-bond acceptors (Lipinski definition) is 5. The average molecular weight is 388 g/mol. The summed E-state index contributed by atoms with van der Waals surface area (Å²) in [6, 6.07) is 10.9. The van der Waals surface area contributed by atoms with E-state index in [0.29, 0.717) is 24.3 Å². The molecule has 0 aliphatic carbocycles. The molecule has 1 aromatic heterocycles. The Bertz CT molecular complexity index is 742. The second kappa shape index (κ2) is 10.2. The van der Waals surface area contributed by atoms with Crippen LogP contribution in [-0.4, -0.2) is 24.7 Å². The van der Waals surface area contributed by atoms with Gasteiger partial charge in [0.2, 0.25) is 5.91 Å². The van der Waals surface area contributed by atoms with E-state index in [4.69, 9.17) is 9.57 Å². The summed E-state index contributed by atoms with van der Waals surface area (Å²) in [6.45, 7) is 0.647. The molecule has 1 unspecified atom stereocenters. The van der Waals surface area contributed by atoms with Gasteiger partial charge in [-0.2, -0.15) is 0 Å². The number of nitrogens with one attached hydrogen (secondary N) is 2. The third-order valence-electron chi connectivity index (χ3n) is 4.24. The quantitative estimate of drug-likeness (QED) is 0.673. The van der Waals surface area contributed by atoms with E-state index in [1.807, 2.05) is 11.4 Å². The SMILES string of the molecule is O=C(CCCc1cccs1)Nc1cccc(C(=O)NOC2CCCCO2)c1. The van der Waals surface area contributed by atoms with Gasteiger partial charge >= 0.3 is 0 Å². The van der Waals surface area contributed by atoms with Crippen molar-refractivity contribution in [1.82, 2.24) is 5.48 Å². The Labute approximate surface area is 162 Å². The number of amides is 2. The highest BCUT2D eigenvalue weighted by atomic mass is 32.1. The first-order valence-corrected chi connectivity index (χ1v) is 10.1. The molecule has 3 rings (SSSR count). The van der Waals surface area contributed by atoms with Crippen molar-refractivity contribution in [2.75, 3.05) is 11.9 Å². The lowest BCUT2D eigenvalue weighted by Crippen LogP contribution is -2.33. The molecular formula is C20H24N2O4S. The van der Waals surface area contributed by atoms with Gasteiger partial charge in [-0.15, -0.1) is 11.3 Å². The normalized spacial score (nSPS) is 16.7. The minimum atomic E-state index is -0.395. The highest BCUT2D eigenvalue weighted by Gasteiger charge is 2.16. The Hall–Kier alpha value is -2.22. The Morgan fingerprint density at radius 1 is 1.22 bits per heavy atom. The number of ether oxygens (including phenoxy) is 1. The fourth-order valence-corrected chi connectivity index (χ4v) is 3.57. The first-order chi connectivity index (χ1) is 13.2. The second-order valence-electron chi connectivity index (χ2n) is 6.41. The molecular weight excluding hydrogens is 364 g/mol. The predicted molar refractivity (Wildman–Crippen MR) is 104 cm³/mol. The summed E-state index contributed by atoms with van der Waals surface area (Å²) < 4.78 is 5.41. The predicted octanol–water partition coefficient (Wildman–Crippen LogP) is 3.90. The smallest absolute Gasteiger partial charge is 0.275 e. The highest BCUT2D eigenvalue weighted by Crippen LogP contribution is 2.15. The Balaban J connectivity index is 1.44. The summed E-state index contributed by atoms with van der Waals surface area (Å²) in [5.41, 5.74) is 3.44. The molecule has 0 saturated carbocycles. The summed E-state index contributed by atoms with van der Waals surface area (Å²) >= 11 is 1.70. The minimum Gasteiger partial charge on any atom is -0.350 e. The van der Waals surface area contributed by atoms with Crippen LogP contribution in [0.4, 0.5) is 5.69 Å². The van der Waals surface area contributed by atoms with E-state index < -0.39 is 6.29 Å². The molecule has 7 heteroatoms. The van der Waals surface area contributed by atoms with Gasteiger partial charge in [-0.3, -0.25) is 9.59 Å². The van der Waals surface area contributed by atoms with E-state index in [1.165, 1.54) is 4.88 Å². The number of anilines is 1. The monoisotopic (exact) mass is 388 g/mol. The van der Waals surface area contributed by atoms with Gasteiger partial charge in [0.15, 0.2) is 6.29 Å². The van der Waals surface area contributed by atoms with Crippen LogP contribution < -0.4 is 10.8 Å². The number of benzene rings is 1. The lowest BCUT2D eigenvalue weighted by Gasteiger charge is -2.22. The van der Waals surface area contributed by atoms with Gasteiger partial charge in [0.05, 0.1) is 0 Å². The molecule has 27 heavy (non-hydrogen) atoms. The molecule has 0 bridgehead atoms. The fraction of sp³-hybridized carbons (Fsp3) is 0.400. The largest absolute Gasteiger partial charge is 0.350 e. The topological polar surface area (TPSA) is 76.7 Å². The number of thiophene rings is 1. The molecule has 6 nitrogen and oxygen atoms in total. The van der Waals surface area contributed by atoms with Crippen molar-refractivity contribution in [3.63, 3.8) is 0 Å². The maximum absolute atomic E-state index is 12.2. The van der Waals surface area contributed by atoms with Crippen LogP contribution in [0.5, 0.6) is 0 Å². The summed E-state index contributed by atoms with van der Waals surface area (Å²) in [5, 5.41) is 4.88. The van der Waals surface area contributed by atoms with Crippen molar-refractivity contribution < 1.29 is 19.2 Å². The van der Waals surface area contributed by atoms with Gasteiger partial charge in [0, 0.05) is 35.6 Å². The molecule has 2 heterocycles. The van der Waals surface area contributed by atoms with Crippen molar-refractivity contribution in [1.29, 1.82) is 0 Å². The van der Waals surface area contributed by atoms with Gasteiger partial charge in [0.25, 0.3) is 5.91 Å². The minimum absolute atomic E-state index is 0.0593. The number of aryl methyl sites for hydroxylation is 1. The van der Waals surface area contributed by atoms with E-state index in [1.54, 1.807) is 35.6 Å². The fourth-order valence-electron chi connectivity index (χ4n) is 2.82. The lowest BCUT2D eigenvalue weighted by atomic mass is 10.1. The molecule has 0 radical (unpaired) electrons. The zero-order chi connectivity index (χ0) is 18.9. The molecule has 1 aromatic carbocycles. The summed E-state index contributed by atoms with van der Waals surface area (Å²) in [7, 11) is 0. The molecule has 2 aromatic rings. The van der Waals surface area contributed by atoms with Crippen LogP contribution in [0.15, 0.2) is 41.8 Å². The van der Waals surface area contributed by atoms with Crippen LogP contribution in [0.3, 0.4) is 0 Å². The molecule has 0 spiro atoms. The second-order valence-corrected chi connectivity index (χ2v) is 7.44. The van der Waals surface area contributed by atoms with Gasteiger partial charge in [-0.1, -0.05) is 12.1 Å². The van der Waals surface area contributed by atoms with E-state index in [-0.39, 0.29) is 11.8 Å². The zero-order valence-corrected chi connectivity index (χ0v) is 15.9. The third-order valence-corrected chi connectivity index (χ3v) is 5.17. The number of carbonyl (C=O) groups excluding carboxylic acids is 2. The van der Waals surface area contributed by atoms with E-state index >= 15 is 0 Å². The highest BCUT2D eigenvalue weighted by molar-refractivity contribution is 7.09. The Kier molecular flexibility index (Phi) is 7.38. The first kappa shape index (κ1) is 19.5. The average Bonchev–Trinajstić information content (AvgIpc) is 3.20. The van der Waals surface area contributed by atoms with Gasteiger partial charge in [-0.25, -0.2) is 10.3 Å². The van der Waals surface area contributed by atoms with Gasteiger partial charge in [0.1, 0.15) is 0 Å². The number of carbonyl (C=O) groups is 2. The molecule has 1 aliphatic heterocycles. The molecule has 1 saturated heterocycles. The number of hydrogen-bond donors (Lipinski definition) is 2. The Morgan fingerprint density at radius 2 is 2.15 bits per heavy atom. The van der Waals surface area contributed by atoms with Crippen LogP contribution in [0, 0.1) is 0 Å². The van der Waals surface area contributed by atoms with Crippen LogP contribution >= 0.6 is 11.3 Å². The maximum Gasteiger partial charge on any atom is 0.275 e. The van der Waals surface area contributed by atoms with Crippen molar-refractivity contribution >= 4 is 28.8 Å². The number of hydroxylamine groups is 1. The maximum atomic E-state index is 12.2. The van der Waals surface area contributed by atoms with E-state index in [9.17, 15) is 9.59 Å². The third kappa shape index (κ3) is 6.46. The van der Waals surface area contributed by atoms with Gasteiger partial charge < -0.3 is 10.1 Å². The van der Waals surface area contributed by atoms with Crippen molar-refractivity contribution in [3.8, 4) is 0 Å². The molecule has 1 fully saturated rings. The molecule has 2 N–H and O–H groups in total. The Morgan fingerprint density at radius 3 is 2.93 bits per heavy atom. The van der Waals surface area contributed by atoms with Crippen molar-refractivity contribution in [3.05, 3.63) is 52.2 Å². The molecule has 1 aliphatic rings. The number of rotatable bonds is 8. The van der Waals surface area contributed by atoms with Crippen molar-refractivity contribution in [2.45, 2.75) is 44.8 Å². The summed E-state index contributed by atoms with van der Waals surface area (Å²) in [5.74, 6) is -0.422. The molecule has 144 valence electrons. The zero-order valence-electron chi connectivity index (χ0n) is 15.1. The first-order valence-electron chi connectivity index (χ1n) is 9.20. The van der Waals surface area contributed by atoms with E-state index in [0.717, 1.165) is 32.1 Å². The molecule has 1 atom stereocenters. The lowest BCUT2D eigenvalue weighted by molar-refractivity contribution is -0.186.